The zero-order valence-corrected chi connectivity index (χ0v) is 15.9. The maximum absolute atomic E-state index is 11.5. The molecule has 0 heterocycles. The van der Waals surface area contributed by atoms with Gasteiger partial charge in [-0.3, -0.25) is 4.79 Å². The van der Waals surface area contributed by atoms with Crippen molar-refractivity contribution in [1.82, 2.24) is 0 Å². The second-order valence-corrected chi connectivity index (χ2v) is 13.3. The first-order valence-corrected chi connectivity index (χ1v) is 11.6. The molecule has 19 heavy (non-hydrogen) atoms. The Morgan fingerprint density at radius 2 is 1.95 bits per heavy atom. The summed E-state index contributed by atoms with van der Waals surface area (Å²) in [5.41, 5.74) is 0. The molecule has 2 nitrogen and oxygen atoms in total. The van der Waals surface area contributed by atoms with Crippen molar-refractivity contribution in [3.05, 3.63) is 12.7 Å². The Hall–Kier alpha value is 0.287. The van der Waals surface area contributed by atoms with Gasteiger partial charge in [0.05, 0.1) is 0 Å². The average molecular weight is 321 g/mol. The lowest BCUT2D eigenvalue weighted by Gasteiger charge is -2.39. The predicted molar refractivity (Wildman–Crippen MR) is 92.8 cm³/mol. The van der Waals surface area contributed by atoms with Crippen LogP contribution < -0.4 is 0 Å². The van der Waals surface area contributed by atoms with E-state index < -0.39 is 8.32 Å². The molecule has 0 spiro atoms. The molecule has 5 heteroatoms. The zero-order chi connectivity index (χ0) is 15.3. The van der Waals surface area contributed by atoms with Gasteiger partial charge < -0.3 is 4.43 Å². The van der Waals surface area contributed by atoms with Crippen LogP contribution in [-0.4, -0.2) is 30.4 Å². The van der Waals surface area contributed by atoms with Gasteiger partial charge in [-0.1, -0.05) is 50.4 Å². The highest BCUT2D eigenvalue weighted by Crippen LogP contribution is 2.38. The summed E-state index contributed by atoms with van der Waals surface area (Å²) in [5.74, 6) is 0. The van der Waals surface area contributed by atoms with Gasteiger partial charge in [0.15, 0.2) is 8.32 Å². The van der Waals surface area contributed by atoms with Crippen LogP contribution in [0.5, 0.6) is 0 Å². The van der Waals surface area contributed by atoms with Gasteiger partial charge in [-0.15, -0.1) is 6.58 Å². The predicted octanol–water partition coefficient (Wildman–Crippen LogP) is 5.56. The summed E-state index contributed by atoms with van der Waals surface area (Å²) in [6.07, 6.45) is 4.66. The van der Waals surface area contributed by atoms with Crippen molar-refractivity contribution in [1.29, 1.82) is 0 Å². The third-order valence-corrected chi connectivity index (χ3v) is 10.1. The minimum Gasteiger partial charge on any atom is -0.414 e. The van der Waals surface area contributed by atoms with E-state index in [4.69, 9.17) is 4.43 Å². The largest absolute Gasteiger partial charge is 0.414 e. The topological polar surface area (TPSA) is 26.3 Å². The molecule has 0 aromatic rings. The minimum absolute atomic E-state index is 0.139. The molecular formula is C14H28O2S2Si. The molecule has 0 bridgehead atoms. The Balaban J connectivity index is 4.47. The van der Waals surface area contributed by atoms with E-state index in [-0.39, 0.29) is 20.8 Å². The first kappa shape index (κ1) is 19.3. The zero-order valence-electron chi connectivity index (χ0n) is 13.3. The van der Waals surface area contributed by atoms with Gasteiger partial charge in [0, 0.05) is 11.4 Å². The van der Waals surface area contributed by atoms with Crippen molar-refractivity contribution < 1.29 is 9.22 Å². The Morgan fingerprint density at radius 3 is 2.32 bits per heavy atom. The van der Waals surface area contributed by atoms with Gasteiger partial charge in [0.2, 0.25) is 4.45 Å². The molecule has 2 atom stereocenters. The lowest BCUT2D eigenvalue weighted by molar-refractivity contribution is 0.192. The standard InChI is InChI=1S/C14H28O2S2Si/c1-9-12(18-13(15)17-6)10-11(2)16-19(7,8)14(3,4)5/h9,11-12H,1,10H2,2-8H3/t11-,12?/m1/s1. The fourth-order valence-corrected chi connectivity index (χ4v) is 4.34. The quantitative estimate of drug-likeness (QED) is 0.473. The number of rotatable bonds is 6. The fourth-order valence-electron chi connectivity index (χ4n) is 1.42. The highest BCUT2D eigenvalue weighted by Gasteiger charge is 2.38. The van der Waals surface area contributed by atoms with Gasteiger partial charge in [-0.2, -0.15) is 0 Å². The van der Waals surface area contributed by atoms with E-state index >= 15 is 0 Å². The van der Waals surface area contributed by atoms with Crippen molar-refractivity contribution in [3.8, 4) is 0 Å². The summed E-state index contributed by atoms with van der Waals surface area (Å²) in [6, 6.07) is 0. The Kier molecular flexibility index (Phi) is 8.03. The van der Waals surface area contributed by atoms with Crippen LogP contribution >= 0.6 is 23.5 Å². The van der Waals surface area contributed by atoms with Crippen LogP contribution in [0.4, 0.5) is 4.79 Å². The third kappa shape index (κ3) is 7.02. The molecule has 0 radical (unpaired) electrons. The van der Waals surface area contributed by atoms with E-state index in [1.54, 1.807) is 0 Å². The fraction of sp³-hybridized carbons (Fsp3) is 0.786. The molecule has 0 N–H and O–H groups in total. The first-order chi connectivity index (χ1) is 8.53. The molecule has 0 fully saturated rings. The first-order valence-electron chi connectivity index (χ1n) is 6.58. The second-order valence-electron chi connectivity index (χ2n) is 6.27. The Bertz CT molecular complexity index is 311. The molecular weight excluding hydrogens is 292 g/mol. The molecule has 0 aliphatic rings. The van der Waals surface area contributed by atoms with Crippen molar-refractivity contribution in [3.63, 3.8) is 0 Å². The van der Waals surface area contributed by atoms with Gasteiger partial charge in [0.25, 0.3) is 0 Å². The van der Waals surface area contributed by atoms with Crippen molar-refractivity contribution in [2.24, 2.45) is 0 Å². The summed E-state index contributed by atoms with van der Waals surface area (Å²) < 4.78 is 6.45. The maximum atomic E-state index is 11.5. The highest BCUT2D eigenvalue weighted by molar-refractivity contribution is 8.38. The van der Waals surface area contributed by atoms with Gasteiger partial charge in [0.1, 0.15) is 0 Å². The second kappa shape index (κ2) is 7.91. The molecule has 1 unspecified atom stereocenters. The van der Waals surface area contributed by atoms with Crippen LogP contribution in [-0.2, 0) is 4.43 Å². The van der Waals surface area contributed by atoms with Gasteiger partial charge in [-0.25, -0.2) is 0 Å². The summed E-state index contributed by atoms with van der Waals surface area (Å²) in [5, 5.41) is 0.354. The smallest absolute Gasteiger partial charge is 0.246 e. The number of carbonyl (C=O) groups excluding carboxylic acids is 1. The maximum Gasteiger partial charge on any atom is 0.246 e. The summed E-state index contributed by atoms with van der Waals surface area (Å²) in [4.78, 5) is 11.5. The molecule has 0 saturated carbocycles. The molecule has 0 aromatic carbocycles. The van der Waals surface area contributed by atoms with E-state index in [0.717, 1.165) is 6.42 Å². The van der Waals surface area contributed by atoms with Crippen LogP contribution in [0, 0.1) is 0 Å². The normalized spacial score (nSPS) is 15.9. The van der Waals surface area contributed by atoms with Gasteiger partial charge >= 0.3 is 0 Å². The highest BCUT2D eigenvalue weighted by atomic mass is 32.2. The molecule has 0 amide bonds. The van der Waals surface area contributed by atoms with Crippen LogP contribution in [0.15, 0.2) is 12.7 Å². The lowest BCUT2D eigenvalue weighted by Crippen LogP contribution is -2.43. The number of thioether (sulfide) groups is 2. The molecule has 112 valence electrons. The van der Waals surface area contributed by atoms with Crippen LogP contribution in [0.3, 0.4) is 0 Å². The number of carbonyl (C=O) groups is 1. The van der Waals surface area contributed by atoms with E-state index in [1.807, 2.05) is 12.3 Å². The van der Waals surface area contributed by atoms with Crippen molar-refractivity contribution in [2.75, 3.05) is 6.26 Å². The average Bonchev–Trinajstić information content (AvgIpc) is 2.25. The number of hydrogen-bond acceptors (Lipinski definition) is 4. The van der Waals surface area contributed by atoms with Crippen molar-refractivity contribution >= 4 is 36.3 Å². The van der Waals surface area contributed by atoms with E-state index in [2.05, 4.69) is 47.4 Å². The molecule has 0 saturated heterocycles. The van der Waals surface area contributed by atoms with E-state index in [0.29, 0.717) is 0 Å². The monoisotopic (exact) mass is 320 g/mol. The van der Waals surface area contributed by atoms with Crippen molar-refractivity contribution in [2.45, 2.75) is 63.6 Å². The molecule has 0 aliphatic heterocycles. The SMILES string of the molecule is C=CC(C[C@@H](C)O[Si](C)(C)C(C)(C)C)SC(=O)SC. The minimum atomic E-state index is -1.73. The molecule has 0 rings (SSSR count). The van der Waals surface area contributed by atoms with E-state index in [9.17, 15) is 4.79 Å². The van der Waals surface area contributed by atoms with E-state index in [1.165, 1.54) is 23.5 Å². The third-order valence-electron chi connectivity index (χ3n) is 3.54. The van der Waals surface area contributed by atoms with Gasteiger partial charge in [-0.05, 0) is 37.7 Å². The summed E-state index contributed by atoms with van der Waals surface area (Å²) in [7, 11) is -1.73. The molecule has 0 aromatic heterocycles. The Labute approximate surface area is 128 Å². The number of hydrogen-bond donors (Lipinski definition) is 0. The van der Waals surface area contributed by atoms with Crippen LogP contribution in [0.2, 0.25) is 18.1 Å². The lowest BCUT2D eigenvalue weighted by atomic mass is 10.2. The molecule has 0 aliphatic carbocycles. The van der Waals surface area contributed by atoms with Crippen LogP contribution in [0.1, 0.15) is 34.1 Å². The Morgan fingerprint density at radius 1 is 1.42 bits per heavy atom. The van der Waals surface area contributed by atoms with Crippen LogP contribution in [0.25, 0.3) is 0 Å². The summed E-state index contributed by atoms with van der Waals surface area (Å²) >= 11 is 2.61. The summed E-state index contributed by atoms with van der Waals surface area (Å²) in [6.45, 7) is 17.1.